The molecule has 0 aromatic heterocycles. The fourth-order valence-corrected chi connectivity index (χ4v) is 3.74. The van der Waals surface area contributed by atoms with E-state index in [4.69, 9.17) is 39.5 Å². The Morgan fingerprint density at radius 2 is 1.22 bits per heavy atom. The second-order valence-corrected chi connectivity index (χ2v) is 7.45. The van der Waals surface area contributed by atoms with Gasteiger partial charge >= 0.3 is 5.97 Å². The summed E-state index contributed by atoms with van der Waals surface area (Å²) in [6.07, 6.45) is 1.11. The highest BCUT2D eigenvalue weighted by molar-refractivity contribution is 6.40. The molecule has 0 aliphatic carbocycles. The fourth-order valence-electron chi connectivity index (χ4n) is 2.85. The first-order valence-electron chi connectivity index (χ1n) is 8.47. The van der Waals surface area contributed by atoms with Crippen molar-refractivity contribution in [2.45, 2.75) is 12.8 Å². The Morgan fingerprint density at radius 1 is 0.778 bits per heavy atom. The molecule has 0 saturated heterocycles. The Hall–Kier alpha value is -2.00. The molecule has 0 spiro atoms. The van der Waals surface area contributed by atoms with Crippen LogP contribution in [-0.4, -0.2) is 5.97 Å². The van der Waals surface area contributed by atoms with Crippen molar-refractivity contribution in [1.29, 1.82) is 0 Å². The van der Waals surface area contributed by atoms with Crippen LogP contribution in [0.4, 0.5) is 0 Å². The van der Waals surface area contributed by atoms with Crippen LogP contribution in [0.2, 0.25) is 15.1 Å². The lowest BCUT2D eigenvalue weighted by Crippen LogP contribution is -2.25. The smallest absolute Gasteiger partial charge is 0.315 e. The third kappa shape index (κ3) is 5.49. The average Bonchev–Trinajstić information content (AvgIpc) is 2.65. The minimum atomic E-state index is -0.381. The fraction of sp³-hybridized carbons (Fsp3) is 0.136. The number of carbonyl (C=O) groups excluding carboxylic acids is 1. The van der Waals surface area contributed by atoms with Crippen molar-refractivity contribution in [2.75, 3.05) is 0 Å². The van der Waals surface area contributed by atoms with Crippen LogP contribution in [0.1, 0.15) is 11.1 Å². The molecule has 0 N–H and O–H groups in total. The number of hydrogen-bond acceptors (Lipinski definition) is 2. The standard InChI is InChI=1S/C22H17Cl3O2/c23-18-13-19(24)21(20(25)14-18)27-22(26)17(11-15-7-3-1-4-8-15)12-16-9-5-2-6-10-16/h1-10,13-14,17H,11-12H2. The first-order valence-corrected chi connectivity index (χ1v) is 9.60. The van der Waals surface area contributed by atoms with E-state index < -0.39 is 0 Å². The zero-order chi connectivity index (χ0) is 19.2. The first kappa shape index (κ1) is 19.8. The van der Waals surface area contributed by atoms with Gasteiger partial charge in [0.2, 0.25) is 0 Å². The maximum absolute atomic E-state index is 12.9. The Balaban J connectivity index is 1.84. The third-order valence-corrected chi connectivity index (χ3v) is 4.93. The Morgan fingerprint density at radius 3 is 1.67 bits per heavy atom. The summed E-state index contributed by atoms with van der Waals surface area (Å²) in [5.41, 5.74) is 2.12. The van der Waals surface area contributed by atoms with Crippen LogP contribution in [0.25, 0.3) is 0 Å². The Labute approximate surface area is 173 Å². The maximum atomic E-state index is 12.9. The number of esters is 1. The van der Waals surface area contributed by atoms with Gasteiger partial charge in [-0.25, -0.2) is 0 Å². The lowest BCUT2D eigenvalue weighted by atomic mass is 9.92. The second-order valence-electron chi connectivity index (χ2n) is 6.20. The number of hydrogen-bond donors (Lipinski definition) is 0. The van der Waals surface area contributed by atoms with E-state index in [2.05, 4.69) is 0 Å². The van der Waals surface area contributed by atoms with Crippen molar-refractivity contribution in [3.05, 3.63) is 99.0 Å². The number of ether oxygens (including phenoxy) is 1. The highest BCUT2D eigenvalue weighted by atomic mass is 35.5. The van der Waals surface area contributed by atoms with E-state index in [1.807, 2.05) is 60.7 Å². The molecule has 3 aromatic rings. The summed E-state index contributed by atoms with van der Waals surface area (Å²) in [6.45, 7) is 0. The van der Waals surface area contributed by atoms with E-state index in [1.165, 1.54) is 12.1 Å². The molecule has 27 heavy (non-hydrogen) atoms. The van der Waals surface area contributed by atoms with Crippen LogP contribution in [0.15, 0.2) is 72.8 Å². The summed E-state index contributed by atoms with van der Waals surface area (Å²) in [7, 11) is 0. The van der Waals surface area contributed by atoms with Crippen molar-refractivity contribution in [1.82, 2.24) is 0 Å². The van der Waals surface area contributed by atoms with Crippen LogP contribution < -0.4 is 4.74 Å². The third-order valence-electron chi connectivity index (χ3n) is 4.15. The summed E-state index contributed by atoms with van der Waals surface area (Å²) >= 11 is 18.2. The quantitative estimate of drug-likeness (QED) is 0.330. The highest BCUT2D eigenvalue weighted by Crippen LogP contribution is 2.36. The van der Waals surface area contributed by atoms with E-state index >= 15 is 0 Å². The molecule has 3 rings (SSSR count). The lowest BCUT2D eigenvalue weighted by molar-refractivity contribution is -0.138. The minimum Gasteiger partial charge on any atom is -0.423 e. The molecular weight excluding hydrogens is 403 g/mol. The van der Waals surface area contributed by atoms with Gasteiger partial charge in [0.05, 0.1) is 16.0 Å². The maximum Gasteiger partial charge on any atom is 0.315 e. The van der Waals surface area contributed by atoms with E-state index in [1.54, 1.807) is 0 Å². The van der Waals surface area contributed by atoms with Crippen molar-refractivity contribution in [3.63, 3.8) is 0 Å². The van der Waals surface area contributed by atoms with Crippen molar-refractivity contribution in [2.24, 2.45) is 5.92 Å². The summed E-state index contributed by atoms with van der Waals surface area (Å²) in [5, 5.41) is 0.799. The van der Waals surface area contributed by atoms with Gasteiger partial charge in [0.25, 0.3) is 0 Å². The predicted molar refractivity (Wildman–Crippen MR) is 111 cm³/mol. The van der Waals surface area contributed by atoms with Gasteiger partial charge in [0.1, 0.15) is 0 Å². The molecule has 0 heterocycles. The average molecular weight is 420 g/mol. The van der Waals surface area contributed by atoms with Crippen LogP contribution in [0.5, 0.6) is 5.75 Å². The molecular formula is C22H17Cl3O2. The van der Waals surface area contributed by atoms with Gasteiger partial charge in [-0.2, -0.15) is 0 Å². The molecule has 0 aliphatic heterocycles. The molecule has 3 aromatic carbocycles. The molecule has 0 unspecified atom stereocenters. The monoisotopic (exact) mass is 418 g/mol. The number of rotatable bonds is 6. The highest BCUT2D eigenvalue weighted by Gasteiger charge is 2.24. The van der Waals surface area contributed by atoms with E-state index in [0.717, 1.165) is 11.1 Å². The summed E-state index contributed by atoms with van der Waals surface area (Å²) in [5.74, 6) is -0.620. The van der Waals surface area contributed by atoms with Gasteiger partial charge in [-0.3, -0.25) is 4.79 Å². The van der Waals surface area contributed by atoms with Gasteiger partial charge in [0, 0.05) is 5.02 Å². The molecule has 138 valence electrons. The lowest BCUT2D eigenvalue weighted by Gasteiger charge is -2.17. The Bertz CT molecular complexity index is 847. The van der Waals surface area contributed by atoms with E-state index in [-0.39, 0.29) is 27.7 Å². The number of carbonyl (C=O) groups is 1. The van der Waals surface area contributed by atoms with Gasteiger partial charge in [-0.05, 0) is 36.1 Å². The molecule has 5 heteroatoms. The van der Waals surface area contributed by atoms with Crippen LogP contribution in [0, 0.1) is 5.92 Å². The SMILES string of the molecule is O=C(Oc1c(Cl)cc(Cl)cc1Cl)C(Cc1ccccc1)Cc1ccccc1. The van der Waals surface area contributed by atoms with Crippen molar-refractivity contribution >= 4 is 40.8 Å². The second kappa shape index (κ2) is 9.27. The number of halogens is 3. The molecule has 0 amide bonds. The minimum absolute atomic E-state index is 0.138. The summed E-state index contributed by atoms with van der Waals surface area (Å²) in [6, 6.07) is 22.7. The largest absolute Gasteiger partial charge is 0.423 e. The summed E-state index contributed by atoms with van der Waals surface area (Å²) < 4.78 is 5.58. The Kier molecular flexibility index (Phi) is 6.78. The van der Waals surface area contributed by atoms with Crippen molar-refractivity contribution in [3.8, 4) is 5.75 Å². The van der Waals surface area contributed by atoms with Gasteiger partial charge in [-0.15, -0.1) is 0 Å². The van der Waals surface area contributed by atoms with Gasteiger partial charge in [0.15, 0.2) is 5.75 Å². The molecule has 0 saturated carbocycles. The normalized spacial score (nSPS) is 10.8. The molecule has 0 radical (unpaired) electrons. The number of benzene rings is 3. The molecule has 0 bridgehead atoms. The molecule has 0 atom stereocenters. The first-order chi connectivity index (χ1) is 13.0. The van der Waals surface area contributed by atoms with Gasteiger partial charge < -0.3 is 4.74 Å². The van der Waals surface area contributed by atoms with Crippen LogP contribution in [0.3, 0.4) is 0 Å². The van der Waals surface area contributed by atoms with Crippen molar-refractivity contribution < 1.29 is 9.53 Å². The topological polar surface area (TPSA) is 26.3 Å². The molecule has 0 aliphatic rings. The van der Waals surface area contributed by atoms with E-state index in [0.29, 0.717) is 17.9 Å². The summed E-state index contributed by atoms with van der Waals surface area (Å²) in [4.78, 5) is 12.9. The zero-order valence-corrected chi connectivity index (χ0v) is 16.6. The zero-order valence-electron chi connectivity index (χ0n) is 14.4. The van der Waals surface area contributed by atoms with Gasteiger partial charge in [-0.1, -0.05) is 95.5 Å². The van der Waals surface area contributed by atoms with Crippen LogP contribution >= 0.6 is 34.8 Å². The molecule has 0 fully saturated rings. The molecule has 2 nitrogen and oxygen atoms in total. The predicted octanol–water partition coefficient (Wildman–Crippen LogP) is 6.65. The van der Waals surface area contributed by atoms with Crippen LogP contribution in [-0.2, 0) is 17.6 Å². The van der Waals surface area contributed by atoms with E-state index in [9.17, 15) is 4.79 Å².